The van der Waals surface area contributed by atoms with Crippen LogP contribution in [0.4, 0.5) is 10.8 Å². The van der Waals surface area contributed by atoms with E-state index in [9.17, 15) is 4.79 Å². The third kappa shape index (κ3) is 4.59. The fourth-order valence-electron chi connectivity index (χ4n) is 3.01. The van der Waals surface area contributed by atoms with E-state index < -0.39 is 0 Å². The predicted molar refractivity (Wildman–Crippen MR) is 121 cm³/mol. The van der Waals surface area contributed by atoms with Crippen LogP contribution in [0.2, 0.25) is 5.02 Å². The standard InChI is InChI=1S/C22H23ClN2OS2/c1-13-8-16(4)21(20(23)9-13)25(17(5)26)22-24-18(12-28-22)11-27-19-7-6-14(2)15(3)10-19/h6-10,12H,11H2,1-5H3. The van der Waals surface area contributed by atoms with Gasteiger partial charge in [0.1, 0.15) is 0 Å². The quantitative estimate of drug-likeness (QED) is 0.408. The van der Waals surface area contributed by atoms with Crippen LogP contribution in [0.5, 0.6) is 0 Å². The Bertz CT molecular complexity index is 1010. The number of thiazole rings is 1. The molecule has 3 aromatic rings. The van der Waals surface area contributed by atoms with Crippen LogP contribution in [0.1, 0.15) is 34.9 Å². The van der Waals surface area contributed by atoms with Crippen LogP contribution in [-0.4, -0.2) is 10.9 Å². The van der Waals surface area contributed by atoms with Crippen molar-refractivity contribution in [1.29, 1.82) is 0 Å². The average Bonchev–Trinajstić information content (AvgIpc) is 3.07. The highest BCUT2D eigenvalue weighted by Crippen LogP contribution is 2.38. The largest absolute Gasteiger partial charge is 0.274 e. The maximum Gasteiger partial charge on any atom is 0.230 e. The van der Waals surface area contributed by atoms with Crippen LogP contribution in [0, 0.1) is 27.7 Å². The number of nitrogens with zero attached hydrogens (tertiary/aromatic N) is 2. The number of hydrogen-bond donors (Lipinski definition) is 0. The number of carbonyl (C=O) groups excluding carboxylic acids is 1. The van der Waals surface area contributed by atoms with Crippen molar-refractivity contribution in [3.05, 3.63) is 68.7 Å². The number of thioether (sulfide) groups is 1. The Balaban J connectivity index is 1.84. The number of rotatable bonds is 5. The normalized spacial score (nSPS) is 10.9. The van der Waals surface area contributed by atoms with Crippen LogP contribution in [0.15, 0.2) is 40.6 Å². The summed E-state index contributed by atoms with van der Waals surface area (Å²) < 4.78 is 0. The first-order valence-electron chi connectivity index (χ1n) is 8.98. The van der Waals surface area contributed by atoms with Crippen molar-refractivity contribution in [1.82, 2.24) is 4.98 Å². The van der Waals surface area contributed by atoms with Gasteiger partial charge in [-0.1, -0.05) is 23.7 Å². The molecule has 1 aromatic heterocycles. The molecule has 1 heterocycles. The molecule has 0 atom stereocenters. The third-order valence-corrected chi connectivity index (χ3v) is 6.72. The summed E-state index contributed by atoms with van der Waals surface area (Å²) in [6, 6.07) is 10.4. The Morgan fingerprint density at radius 1 is 1.11 bits per heavy atom. The monoisotopic (exact) mass is 430 g/mol. The van der Waals surface area contributed by atoms with Gasteiger partial charge < -0.3 is 0 Å². The zero-order chi connectivity index (χ0) is 20.4. The Morgan fingerprint density at radius 2 is 1.86 bits per heavy atom. The summed E-state index contributed by atoms with van der Waals surface area (Å²) in [5, 5.41) is 3.22. The third-order valence-electron chi connectivity index (χ3n) is 4.53. The summed E-state index contributed by atoms with van der Waals surface area (Å²) in [5.74, 6) is 0.655. The SMILES string of the molecule is CC(=O)N(c1nc(CSc2ccc(C)c(C)c2)cs1)c1c(C)cc(C)cc1Cl. The number of carbonyl (C=O) groups is 1. The Labute approximate surface area is 179 Å². The number of amides is 1. The minimum atomic E-state index is -0.100. The first kappa shape index (κ1) is 20.9. The molecule has 146 valence electrons. The van der Waals surface area contributed by atoms with E-state index in [0.717, 1.165) is 22.6 Å². The lowest BCUT2D eigenvalue weighted by Crippen LogP contribution is -2.24. The van der Waals surface area contributed by atoms with E-state index in [-0.39, 0.29) is 5.91 Å². The van der Waals surface area contributed by atoms with E-state index in [4.69, 9.17) is 16.6 Å². The minimum Gasteiger partial charge on any atom is -0.274 e. The van der Waals surface area contributed by atoms with Crippen LogP contribution in [0.25, 0.3) is 0 Å². The molecule has 0 saturated carbocycles. The molecule has 0 aliphatic heterocycles. The molecular formula is C22H23ClN2OS2. The topological polar surface area (TPSA) is 33.2 Å². The van der Waals surface area contributed by atoms with Crippen molar-refractivity contribution in [2.24, 2.45) is 0 Å². The molecule has 0 spiro atoms. The molecule has 3 rings (SSSR count). The van der Waals surface area contributed by atoms with E-state index >= 15 is 0 Å². The number of benzene rings is 2. The lowest BCUT2D eigenvalue weighted by atomic mass is 10.1. The number of anilines is 2. The van der Waals surface area contributed by atoms with Crippen LogP contribution in [0.3, 0.4) is 0 Å². The molecule has 0 aliphatic carbocycles. The van der Waals surface area contributed by atoms with Crippen molar-refractivity contribution in [3.8, 4) is 0 Å². The van der Waals surface area contributed by atoms with Gasteiger partial charge in [0.25, 0.3) is 0 Å². The zero-order valence-electron chi connectivity index (χ0n) is 16.7. The summed E-state index contributed by atoms with van der Waals surface area (Å²) in [6.45, 7) is 9.74. The molecule has 2 aromatic carbocycles. The summed E-state index contributed by atoms with van der Waals surface area (Å²) in [5.41, 5.74) is 6.28. The molecule has 0 aliphatic rings. The van der Waals surface area contributed by atoms with Crippen molar-refractivity contribution >= 4 is 51.4 Å². The summed E-state index contributed by atoms with van der Waals surface area (Å²) in [4.78, 5) is 20.0. The van der Waals surface area contributed by atoms with Gasteiger partial charge in [-0.05, 0) is 68.1 Å². The van der Waals surface area contributed by atoms with Crippen LogP contribution in [-0.2, 0) is 10.5 Å². The lowest BCUT2D eigenvalue weighted by molar-refractivity contribution is -0.115. The first-order valence-corrected chi connectivity index (χ1v) is 11.2. The van der Waals surface area contributed by atoms with Gasteiger partial charge in [-0.15, -0.1) is 23.1 Å². The average molecular weight is 431 g/mol. The smallest absolute Gasteiger partial charge is 0.230 e. The maximum absolute atomic E-state index is 12.4. The molecule has 0 N–H and O–H groups in total. The Morgan fingerprint density at radius 3 is 2.50 bits per heavy atom. The van der Waals surface area contributed by atoms with Gasteiger partial charge in [0.15, 0.2) is 5.13 Å². The van der Waals surface area contributed by atoms with E-state index in [1.165, 1.54) is 27.4 Å². The number of aromatic nitrogens is 1. The zero-order valence-corrected chi connectivity index (χ0v) is 19.1. The van der Waals surface area contributed by atoms with Crippen LogP contribution >= 0.6 is 34.7 Å². The van der Waals surface area contributed by atoms with Crippen molar-refractivity contribution in [3.63, 3.8) is 0 Å². The fraction of sp³-hybridized carbons (Fsp3) is 0.273. The second-order valence-corrected chi connectivity index (χ2v) is 9.22. The molecule has 0 radical (unpaired) electrons. The first-order chi connectivity index (χ1) is 13.3. The lowest BCUT2D eigenvalue weighted by Gasteiger charge is -2.22. The van der Waals surface area contributed by atoms with Crippen molar-refractivity contribution < 1.29 is 4.79 Å². The van der Waals surface area contributed by atoms with Gasteiger partial charge in [-0.3, -0.25) is 9.69 Å². The summed E-state index contributed by atoms with van der Waals surface area (Å²) in [6.07, 6.45) is 0. The number of hydrogen-bond acceptors (Lipinski definition) is 4. The summed E-state index contributed by atoms with van der Waals surface area (Å²) in [7, 11) is 0. The second-order valence-electron chi connectivity index (χ2n) is 6.92. The van der Waals surface area contributed by atoms with Gasteiger partial charge in [0.2, 0.25) is 5.91 Å². The van der Waals surface area contributed by atoms with E-state index in [1.54, 1.807) is 23.6 Å². The molecule has 1 amide bonds. The van der Waals surface area contributed by atoms with E-state index in [1.807, 2.05) is 31.4 Å². The van der Waals surface area contributed by atoms with Crippen molar-refractivity contribution in [2.45, 2.75) is 45.3 Å². The molecule has 0 saturated heterocycles. The second kappa shape index (κ2) is 8.68. The summed E-state index contributed by atoms with van der Waals surface area (Å²) >= 11 is 9.69. The van der Waals surface area contributed by atoms with Crippen molar-refractivity contribution in [2.75, 3.05) is 4.90 Å². The minimum absolute atomic E-state index is 0.100. The van der Waals surface area contributed by atoms with Gasteiger partial charge in [-0.25, -0.2) is 4.98 Å². The highest BCUT2D eigenvalue weighted by Gasteiger charge is 2.22. The molecule has 28 heavy (non-hydrogen) atoms. The van der Waals surface area contributed by atoms with Crippen LogP contribution < -0.4 is 4.90 Å². The van der Waals surface area contributed by atoms with E-state index in [0.29, 0.717) is 15.8 Å². The highest BCUT2D eigenvalue weighted by molar-refractivity contribution is 7.98. The molecule has 0 fully saturated rings. The number of aryl methyl sites for hydroxylation is 4. The Hall–Kier alpha value is -1.82. The Kier molecular flexibility index (Phi) is 6.48. The van der Waals surface area contributed by atoms with Gasteiger partial charge in [0, 0.05) is 23.0 Å². The molecular weight excluding hydrogens is 408 g/mol. The molecule has 6 heteroatoms. The van der Waals surface area contributed by atoms with E-state index in [2.05, 4.69) is 32.0 Å². The highest BCUT2D eigenvalue weighted by atomic mass is 35.5. The molecule has 0 bridgehead atoms. The van der Waals surface area contributed by atoms with Gasteiger partial charge in [-0.2, -0.15) is 0 Å². The molecule has 0 unspecified atom stereocenters. The molecule has 3 nitrogen and oxygen atoms in total. The number of halogens is 1. The van der Waals surface area contributed by atoms with Gasteiger partial charge >= 0.3 is 0 Å². The maximum atomic E-state index is 12.4. The predicted octanol–water partition coefficient (Wildman–Crippen LogP) is 7.01. The fourth-order valence-corrected chi connectivity index (χ4v) is 5.28. The van der Waals surface area contributed by atoms with Gasteiger partial charge in [0.05, 0.1) is 16.4 Å².